The molecule has 0 fully saturated rings. The average molecular weight is 443 g/mol. The van der Waals surface area contributed by atoms with Crippen molar-refractivity contribution in [2.24, 2.45) is 4.99 Å². The lowest BCUT2D eigenvalue weighted by molar-refractivity contribution is 0.175. The zero-order valence-electron chi connectivity index (χ0n) is 17.4. The Morgan fingerprint density at radius 1 is 1.00 bits per heavy atom. The molecule has 3 aromatic carbocycles. The van der Waals surface area contributed by atoms with Gasteiger partial charge in [0.1, 0.15) is 5.75 Å². The second-order valence-electron chi connectivity index (χ2n) is 6.99. The Morgan fingerprint density at radius 3 is 2.35 bits per heavy atom. The highest BCUT2D eigenvalue weighted by molar-refractivity contribution is 8.13. The van der Waals surface area contributed by atoms with Crippen molar-refractivity contribution in [2.75, 3.05) is 20.3 Å². The molecule has 0 spiro atoms. The van der Waals surface area contributed by atoms with Crippen molar-refractivity contribution in [3.8, 4) is 5.75 Å². The van der Waals surface area contributed by atoms with E-state index in [0.29, 0.717) is 30.6 Å². The van der Waals surface area contributed by atoms with Crippen LogP contribution in [0.1, 0.15) is 11.1 Å². The maximum absolute atomic E-state index is 13.8. The first kappa shape index (κ1) is 22.8. The van der Waals surface area contributed by atoms with Gasteiger partial charge in [-0.3, -0.25) is 0 Å². The second-order valence-corrected chi connectivity index (χ2v) is 8.03. The van der Waals surface area contributed by atoms with Gasteiger partial charge in [-0.1, -0.05) is 41.6 Å². The fourth-order valence-corrected chi connectivity index (χ4v) is 3.72. The van der Waals surface area contributed by atoms with E-state index in [9.17, 15) is 13.9 Å². The van der Waals surface area contributed by atoms with Gasteiger partial charge in [0.15, 0.2) is 16.8 Å². The third kappa shape index (κ3) is 6.80. The SMILES string of the molecule is COCCN(Cc1ccc(O)cc1)C(=Nc1ccc(F)c(F)c1)Sc1ccc(C)cc1. The molecule has 0 radical (unpaired) electrons. The van der Waals surface area contributed by atoms with Crippen LogP contribution in [0.25, 0.3) is 0 Å². The number of nitrogens with zero attached hydrogens (tertiary/aromatic N) is 2. The standard InChI is InChI=1S/C24H24F2N2O2S/c1-17-3-10-21(11-4-17)31-24(27-19-7-12-22(25)23(26)15-19)28(13-14-30-2)16-18-5-8-20(29)9-6-18/h3-12,15,29H,13-14,16H2,1-2H3. The third-order valence-corrected chi connectivity index (χ3v) is 5.54. The number of ether oxygens (including phenoxy) is 1. The average Bonchev–Trinajstić information content (AvgIpc) is 2.76. The van der Waals surface area contributed by atoms with Gasteiger partial charge in [-0.15, -0.1) is 0 Å². The highest BCUT2D eigenvalue weighted by Crippen LogP contribution is 2.27. The van der Waals surface area contributed by atoms with Crippen LogP contribution in [0.4, 0.5) is 14.5 Å². The Labute approximate surface area is 185 Å². The van der Waals surface area contributed by atoms with E-state index in [1.54, 1.807) is 19.2 Å². The molecule has 7 heteroatoms. The molecule has 4 nitrogen and oxygen atoms in total. The summed E-state index contributed by atoms with van der Waals surface area (Å²) in [6, 6.07) is 18.5. The molecule has 0 aliphatic carbocycles. The molecule has 3 aromatic rings. The molecule has 1 N–H and O–H groups in total. The number of methoxy groups -OCH3 is 1. The van der Waals surface area contributed by atoms with Gasteiger partial charge in [0, 0.05) is 31.2 Å². The molecule has 0 bridgehead atoms. The number of thioether (sulfide) groups is 1. The molecule has 0 heterocycles. The quantitative estimate of drug-likeness (QED) is 0.281. The molecule has 0 aliphatic heterocycles. The van der Waals surface area contributed by atoms with E-state index in [-0.39, 0.29) is 5.75 Å². The monoisotopic (exact) mass is 442 g/mol. The Kier molecular flexibility index (Phi) is 8.03. The summed E-state index contributed by atoms with van der Waals surface area (Å²) in [5, 5.41) is 10.2. The third-order valence-electron chi connectivity index (χ3n) is 4.50. The second kappa shape index (κ2) is 10.9. The number of phenols is 1. The number of phenolic OH excluding ortho intramolecular Hbond substituents is 1. The van der Waals surface area contributed by atoms with Crippen LogP contribution in [0, 0.1) is 18.6 Å². The van der Waals surface area contributed by atoms with Crippen LogP contribution in [0.3, 0.4) is 0 Å². The normalized spacial score (nSPS) is 11.5. The lowest BCUT2D eigenvalue weighted by Gasteiger charge is -2.26. The first-order chi connectivity index (χ1) is 14.9. The summed E-state index contributed by atoms with van der Waals surface area (Å²) < 4.78 is 32.4. The van der Waals surface area contributed by atoms with Crippen molar-refractivity contribution in [1.29, 1.82) is 0 Å². The molecule has 0 atom stereocenters. The van der Waals surface area contributed by atoms with E-state index >= 15 is 0 Å². The van der Waals surface area contributed by atoms with Crippen LogP contribution in [-0.2, 0) is 11.3 Å². The summed E-state index contributed by atoms with van der Waals surface area (Å²) in [6.45, 7) is 3.52. The van der Waals surface area contributed by atoms with Crippen molar-refractivity contribution in [3.05, 3.63) is 89.5 Å². The van der Waals surface area contributed by atoms with Gasteiger partial charge in [-0.25, -0.2) is 13.8 Å². The maximum atomic E-state index is 13.8. The van der Waals surface area contributed by atoms with Crippen LogP contribution in [0.5, 0.6) is 5.75 Å². The molecule has 162 valence electrons. The van der Waals surface area contributed by atoms with Crippen molar-refractivity contribution in [2.45, 2.75) is 18.4 Å². The van der Waals surface area contributed by atoms with Crippen LogP contribution >= 0.6 is 11.8 Å². The molecule has 0 amide bonds. The number of benzene rings is 3. The molecular formula is C24H24F2N2O2S. The largest absolute Gasteiger partial charge is 0.508 e. The lowest BCUT2D eigenvalue weighted by atomic mass is 10.2. The van der Waals surface area contributed by atoms with E-state index in [4.69, 9.17) is 4.74 Å². The topological polar surface area (TPSA) is 45.1 Å². The summed E-state index contributed by atoms with van der Waals surface area (Å²) in [5.74, 6) is -1.66. The fourth-order valence-electron chi connectivity index (χ4n) is 2.80. The van der Waals surface area contributed by atoms with Crippen LogP contribution in [-0.4, -0.2) is 35.4 Å². The van der Waals surface area contributed by atoms with Crippen molar-refractivity contribution in [1.82, 2.24) is 4.90 Å². The van der Waals surface area contributed by atoms with Gasteiger partial charge in [0.05, 0.1) is 12.3 Å². The summed E-state index contributed by atoms with van der Waals surface area (Å²) in [5.41, 5.74) is 2.43. The Bertz CT molecular complexity index is 1020. The van der Waals surface area contributed by atoms with Crippen molar-refractivity contribution < 1.29 is 18.6 Å². The zero-order valence-corrected chi connectivity index (χ0v) is 18.2. The Hall–Kier alpha value is -2.90. The van der Waals surface area contributed by atoms with E-state index in [1.807, 2.05) is 48.2 Å². The first-order valence-corrected chi connectivity index (χ1v) is 10.6. The van der Waals surface area contributed by atoms with Crippen molar-refractivity contribution in [3.63, 3.8) is 0 Å². The lowest BCUT2D eigenvalue weighted by Crippen LogP contribution is -2.31. The van der Waals surface area contributed by atoms with Gasteiger partial charge in [-0.2, -0.15) is 0 Å². The summed E-state index contributed by atoms with van der Waals surface area (Å²) in [4.78, 5) is 7.63. The number of halogens is 2. The minimum atomic E-state index is -0.942. The smallest absolute Gasteiger partial charge is 0.169 e. The summed E-state index contributed by atoms with van der Waals surface area (Å²) >= 11 is 1.44. The summed E-state index contributed by atoms with van der Waals surface area (Å²) in [7, 11) is 1.62. The maximum Gasteiger partial charge on any atom is 0.169 e. The molecule has 0 saturated heterocycles. The summed E-state index contributed by atoms with van der Waals surface area (Å²) in [6.07, 6.45) is 0. The van der Waals surface area contributed by atoms with E-state index in [0.717, 1.165) is 28.2 Å². The van der Waals surface area contributed by atoms with E-state index in [2.05, 4.69) is 4.99 Å². The fraction of sp³-hybridized carbons (Fsp3) is 0.208. The van der Waals surface area contributed by atoms with E-state index < -0.39 is 11.6 Å². The molecular weight excluding hydrogens is 418 g/mol. The van der Waals surface area contributed by atoms with Gasteiger partial charge in [-0.05, 0) is 48.9 Å². The Balaban J connectivity index is 1.97. The van der Waals surface area contributed by atoms with Crippen LogP contribution < -0.4 is 0 Å². The van der Waals surface area contributed by atoms with E-state index in [1.165, 1.54) is 17.8 Å². The van der Waals surface area contributed by atoms with Crippen molar-refractivity contribution >= 4 is 22.6 Å². The Morgan fingerprint density at radius 2 is 1.71 bits per heavy atom. The number of aromatic hydroxyl groups is 1. The highest BCUT2D eigenvalue weighted by Gasteiger charge is 2.15. The zero-order chi connectivity index (χ0) is 22.2. The molecule has 31 heavy (non-hydrogen) atoms. The van der Waals surface area contributed by atoms with Gasteiger partial charge < -0.3 is 14.7 Å². The van der Waals surface area contributed by atoms with Crippen LogP contribution in [0.2, 0.25) is 0 Å². The number of rotatable bonds is 7. The van der Waals surface area contributed by atoms with Crippen LogP contribution in [0.15, 0.2) is 76.6 Å². The number of amidine groups is 1. The first-order valence-electron chi connectivity index (χ1n) is 9.74. The predicted molar refractivity (Wildman–Crippen MR) is 121 cm³/mol. The predicted octanol–water partition coefficient (Wildman–Crippen LogP) is 5.91. The number of hydrogen-bond donors (Lipinski definition) is 1. The van der Waals surface area contributed by atoms with Gasteiger partial charge in [0.25, 0.3) is 0 Å². The van der Waals surface area contributed by atoms with Gasteiger partial charge in [0.2, 0.25) is 0 Å². The molecule has 3 rings (SSSR count). The molecule has 0 aliphatic rings. The molecule has 0 saturated carbocycles. The molecule has 0 aromatic heterocycles. The minimum absolute atomic E-state index is 0.192. The number of aryl methyl sites for hydroxylation is 1. The van der Waals surface area contributed by atoms with Gasteiger partial charge >= 0.3 is 0 Å². The highest BCUT2D eigenvalue weighted by atomic mass is 32.2. The number of aliphatic imine (C=N–C) groups is 1. The minimum Gasteiger partial charge on any atom is -0.508 e. The number of hydrogen-bond acceptors (Lipinski definition) is 4. The molecule has 0 unspecified atom stereocenters.